The van der Waals surface area contributed by atoms with Crippen molar-refractivity contribution in [3.05, 3.63) is 40.4 Å². The lowest BCUT2D eigenvalue weighted by Crippen LogP contribution is -2.46. The van der Waals surface area contributed by atoms with Crippen LogP contribution in [0.3, 0.4) is 0 Å². The number of nitrogens with one attached hydrogen (secondary N) is 2. The Labute approximate surface area is 149 Å². The summed E-state index contributed by atoms with van der Waals surface area (Å²) in [5.41, 5.74) is 0.834. The van der Waals surface area contributed by atoms with Crippen LogP contribution in [0.15, 0.2) is 34.8 Å². The molecule has 2 N–H and O–H groups in total. The molecule has 0 aliphatic rings. The van der Waals surface area contributed by atoms with Crippen LogP contribution < -0.4 is 10.6 Å². The molecule has 6 nitrogen and oxygen atoms in total. The minimum Gasteiger partial charge on any atom is -0.452 e. The lowest BCUT2D eigenvalue weighted by molar-refractivity contribution is -0.144. The average molecular weight is 397 g/mol. The molecule has 0 spiro atoms. The SMILES string of the molecule is CCCNC(=O)[C@H](C)NC(=O)COC(=O)/C=C/c1ccc(Br)cc1. The maximum atomic E-state index is 11.7. The number of rotatable bonds is 8. The zero-order valence-corrected chi connectivity index (χ0v) is 15.3. The van der Waals surface area contributed by atoms with Gasteiger partial charge in [-0.1, -0.05) is 35.0 Å². The minimum absolute atomic E-state index is 0.272. The van der Waals surface area contributed by atoms with Gasteiger partial charge in [-0.05, 0) is 37.1 Å². The van der Waals surface area contributed by atoms with E-state index >= 15 is 0 Å². The van der Waals surface area contributed by atoms with E-state index in [1.165, 1.54) is 6.08 Å². The smallest absolute Gasteiger partial charge is 0.331 e. The van der Waals surface area contributed by atoms with Crippen molar-refractivity contribution < 1.29 is 19.1 Å². The largest absolute Gasteiger partial charge is 0.452 e. The Hall–Kier alpha value is -2.15. The van der Waals surface area contributed by atoms with Gasteiger partial charge in [0, 0.05) is 17.1 Å². The van der Waals surface area contributed by atoms with E-state index in [0.29, 0.717) is 6.54 Å². The van der Waals surface area contributed by atoms with Gasteiger partial charge in [-0.2, -0.15) is 0 Å². The third-order valence-corrected chi connectivity index (χ3v) is 3.48. The highest BCUT2D eigenvalue weighted by Crippen LogP contribution is 2.11. The van der Waals surface area contributed by atoms with Crippen molar-refractivity contribution >= 4 is 39.8 Å². The summed E-state index contributed by atoms with van der Waals surface area (Å²) in [6.07, 6.45) is 3.65. The number of benzene rings is 1. The van der Waals surface area contributed by atoms with Gasteiger partial charge in [-0.15, -0.1) is 0 Å². The Kier molecular flexibility index (Phi) is 8.78. The van der Waals surface area contributed by atoms with Crippen LogP contribution in [0, 0.1) is 0 Å². The number of carbonyl (C=O) groups is 3. The summed E-state index contributed by atoms with van der Waals surface area (Å²) < 4.78 is 5.77. The van der Waals surface area contributed by atoms with Crippen LogP contribution in [-0.4, -0.2) is 37.0 Å². The van der Waals surface area contributed by atoms with Crippen LogP contribution in [0.25, 0.3) is 6.08 Å². The molecule has 1 rings (SSSR count). The first-order chi connectivity index (χ1) is 11.4. The fraction of sp³-hybridized carbons (Fsp3) is 0.353. The van der Waals surface area contributed by atoms with Gasteiger partial charge in [-0.3, -0.25) is 9.59 Å². The highest BCUT2D eigenvalue weighted by molar-refractivity contribution is 9.10. The summed E-state index contributed by atoms with van der Waals surface area (Å²) in [6, 6.07) is 6.68. The molecule has 0 saturated carbocycles. The van der Waals surface area contributed by atoms with E-state index < -0.39 is 24.5 Å². The molecule has 1 atom stereocenters. The molecule has 24 heavy (non-hydrogen) atoms. The number of hydrogen-bond acceptors (Lipinski definition) is 4. The molecule has 0 aliphatic heterocycles. The van der Waals surface area contributed by atoms with E-state index in [1.54, 1.807) is 13.0 Å². The second kappa shape index (κ2) is 10.6. The Bertz CT molecular complexity index is 599. The molecule has 7 heteroatoms. The average Bonchev–Trinajstić information content (AvgIpc) is 2.57. The first-order valence-electron chi connectivity index (χ1n) is 7.60. The van der Waals surface area contributed by atoms with Gasteiger partial charge in [0.25, 0.3) is 5.91 Å². The Morgan fingerprint density at radius 1 is 1.25 bits per heavy atom. The van der Waals surface area contributed by atoms with Crippen molar-refractivity contribution in [2.75, 3.05) is 13.2 Å². The molecule has 0 saturated heterocycles. The van der Waals surface area contributed by atoms with E-state index in [-0.39, 0.29) is 5.91 Å². The summed E-state index contributed by atoms with van der Waals surface area (Å²) in [5.74, 6) is -1.43. The maximum absolute atomic E-state index is 11.7. The fourth-order valence-electron chi connectivity index (χ4n) is 1.67. The number of carbonyl (C=O) groups excluding carboxylic acids is 3. The van der Waals surface area contributed by atoms with E-state index in [1.807, 2.05) is 31.2 Å². The summed E-state index contributed by atoms with van der Waals surface area (Å²) in [6.45, 7) is 3.62. The second-order valence-corrected chi connectivity index (χ2v) is 5.99. The summed E-state index contributed by atoms with van der Waals surface area (Å²) >= 11 is 3.32. The molecule has 1 aromatic rings. The third kappa shape index (κ3) is 7.92. The van der Waals surface area contributed by atoms with Gasteiger partial charge >= 0.3 is 5.97 Å². The number of esters is 1. The maximum Gasteiger partial charge on any atom is 0.331 e. The number of halogens is 1. The minimum atomic E-state index is -0.680. The summed E-state index contributed by atoms with van der Waals surface area (Å²) in [5, 5.41) is 5.14. The molecule has 0 bridgehead atoms. The van der Waals surface area contributed by atoms with Crippen LogP contribution >= 0.6 is 15.9 Å². The Balaban J connectivity index is 2.34. The van der Waals surface area contributed by atoms with Gasteiger partial charge in [0.05, 0.1) is 0 Å². The molecule has 130 valence electrons. The topological polar surface area (TPSA) is 84.5 Å². The lowest BCUT2D eigenvalue weighted by atomic mass is 10.2. The molecule has 0 heterocycles. The highest BCUT2D eigenvalue weighted by Gasteiger charge is 2.15. The first kappa shape index (κ1) is 19.9. The van der Waals surface area contributed by atoms with Crippen LogP contribution in [-0.2, 0) is 19.1 Å². The Morgan fingerprint density at radius 3 is 2.54 bits per heavy atom. The van der Waals surface area contributed by atoms with Gasteiger partial charge in [0.2, 0.25) is 5.91 Å². The normalized spacial score (nSPS) is 11.8. The van der Waals surface area contributed by atoms with E-state index in [9.17, 15) is 14.4 Å². The van der Waals surface area contributed by atoms with Crippen molar-refractivity contribution in [2.45, 2.75) is 26.3 Å². The van der Waals surface area contributed by atoms with Crippen LogP contribution in [0.2, 0.25) is 0 Å². The molecule has 0 aliphatic carbocycles. The zero-order chi connectivity index (χ0) is 17.9. The fourth-order valence-corrected chi connectivity index (χ4v) is 1.94. The highest BCUT2D eigenvalue weighted by atomic mass is 79.9. The van der Waals surface area contributed by atoms with Crippen molar-refractivity contribution in [3.8, 4) is 0 Å². The van der Waals surface area contributed by atoms with Gasteiger partial charge in [0.1, 0.15) is 6.04 Å². The standard InChI is InChI=1S/C17H21BrN2O4/c1-3-10-19-17(23)12(2)20-15(21)11-24-16(22)9-6-13-4-7-14(18)8-5-13/h4-9,12H,3,10-11H2,1-2H3,(H,19,23)(H,20,21)/b9-6+/t12-/m0/s1. The number of hydrogen-bond donors (Lipinski definition) is 2. The summed E-state index contributed by atoms with van der Waals surface area (Å²) in [4.78, 5) is 34.8. The zero-order valence-electron chi connectivity index (χ0n) is 13.7. The van der Waals surface area contributed by atoms with Crippen molar-refractivity contribution in [1.29, 1.82) is 0 Å². The van der Waals surface area contributed by atoms with Crippen molar-refractivity contribution in [2.24, 2.45) is 0 Å². The first-order valence-corrected chi connectivity index (χ1v) is 8.39. The molecule has 0 radical (unpaired) electrons. The van der Waals surface area contributed by atoms with Crippen LogP contribution in [0.5, 0.6) is 0 Å². The molecule has 2 amide bonds. The molecule has 0 aromatic heterocycles. The molecular weight excluding hydrogens is 376 g/mol. The van der Waals surface area contributed by atoms with Gasteiger partial charge in [0.15, 0.2) is 6.61 Å². The molecule has 0 fully saturated rings. The van der Waals surface area contributed by atoms with E-state index in [4.69, 9.17) is 4.74 Å². The number of amides is 2. The second-order valence-electron chi connectivity index (χ2n) is 5.07. The monoisotopic (exact) mass is 396 g/mol. The quantitative estimate of drug-likeness (QED) is 0.520. The van der Waals surface area contributed by atoms with Crippen LogP contribution in [0.1, 0.15) is 25.8 Å². The van der Waals surface area contributed by atoms with Crippen LogP contribution in [0.4, 0.5) is 0 Å². The lowest BCUT2D eigenvalue weighted by Gasteiger charge is -2.13. The van der Waals surface area contributed by atoms with E-state index in [2.05, 4.69) is 26.6 Å². The number of ether oxygens (including phenoxy) is 1. The molecule has 1 aromatic carbocycles. The van der Waals surface area contributed by atoms with Crippen molar-refractivity contribution in [1.82, 2.24) is 10.6 Å². The third-order valence-electron chi connectivity index (χ3n) is 2.95. The van der Waals surface area contributed by atoms with Gasteiger partial charge in [-0.25, -0.2) is 4.79 Å². The van der Waals surface area contributed by atoms with Crippen molar-refractivity contribution in [3.63, 3.8) is 0 Å². The summed E-state index contributed by atoms with van der Waals surface area (Å²) in [7, 11) is 0. The predicted octanol–water partition coefficient (Wildman–Crippen LogP) is 2.04. The van der Waals surface area contributed by atoms with E-state index in [0.717, 1.165) is 16.5 Å². The Morgan fingerprint density at radius 2 is 1.92 bits per heavy atom. The van der Waals surface area contributed by atoms with Gasteiger partial charge < -0.3 is 15.4 Å². The molecular formula is C17H21BrN2O4. The predicted molar refractivity (Wildman–Crippen MR) is 95.0 cm³/mol. The molecule has 0 unspecified atom stereocenters.